The third-order valence-corrected chi connectivity index (χ3v) is 4.64. The number of ether oxygens (including phenoxy) is 1. The van der Waals surface area contributed by atoms with Gasteiger partial charge in [-0.3, -0.25) is 4.79 Å². The van der Waals surface area contributed by atoms with E-state index in [0.29, 0.717) is 12.1 Å². The number of amides is 1. The molecule has 0 saturated heterocycles. The molecule has 5 heteroatoms. The Bertz CT molecular complexity index is 471. The minimum Gasteiger partial charge on any atom is -0.497 e. The highest BCUT2D eigenvalue weighted by Crippen LogP contribution is 2.29. The van der Waals surface area contributed by atoms with Crippen molar-refractivity contribution in [3.05, 3.63) is 27.3 Å². The second kappa shape index (κ2) is 6.09. The molecular weight excluding hydrogens is 355 g/mol. The molecule has 0 aromatic heterocycles. The van der Waals surface area contributed by atoms with Crippen LogP contribution >= 0.6 is 22.6 Å². The molecule has 1 amide bonds. The Morgan fingerprint density at radius 1 is 1.47 bits per heavy atom. The fourth-order valence-electron chi connectivity index (χ4n) is 2.55. The monoisotopic (exact) mass is 374 g/mol. The van der Waals surface area contributed by atoms with Gasteiger partial charge in [-0.25, -0.2) is 0 Å². The van der Waals surface area contributed by atoms with Gasteiger partial charge in [-0.1, -0.05) is 12.8 Å². The highest BCUT2D eigenvalue weighted by atomic mass is 127. The van der Waals surface area contributed by atoms with Gasteiger partial charge in [0.15, 0.2) is 0 Å². The number of rotatable bonds is 4. The summed E-state index contributed by atoms with van der Waals surface area (Å²) < 4.78 is 6.04. The van der Waals surface area contributed by atoms with Crippen LogP contribution in [0.4, 0.5) is 0 Å². The number of carbonyl (C=O) groups is 1. The summed E-state index contributed by atoms with van der Waals surface area (Å²) in [5, 5.41) is 3.13. The van der Waals surface area contributed by atoms with Crippen molar-refractivity contribution in [2.24, 2.45) is 5.73 Å². The van der Waals surface area contributed by atoms with Crippen molar-refractivity contribution in [3.8, 4) is 5.75 Å². The van der Waals surface area contributed by atoms with E-state index in [9.17, 15) is 4.79 Å². The maximum atomic E-state index is 12.4. The van der Waals surface area contributed by atoms with Crippen LogP contribution in [-0.4, -0.2) is 25.1 Å². The third-order valence-electron chi connectivity index (χ3n) is 3.75. The normalized spacial score (nSPS) is 17.2. The van der Waals surface area contributed by atoms with E-state index in [1.807, 2.05) is 6.07 Å². The van der Waals surface area contributed by atoms with E-state index in [0.717, 1.165) is 35.0 Å². The zero-order valence-electron chi connectivity index (χ0n) is 11.0. The summed E-state index contributed by atoms with van der Waals surface area (Å²) in [5.41, 5.74) is 6.32. The number of halogens is 1. The number of hydrogen-bond acceptors (Lipinski definition) is 3. The Morgan fingerprint density at radius 3 is 2.68 bits per heavy atom. The molecule has 0 bridgehead atoms. The lowest BCUT2D eigenvalue weighted by Crippen LogP contribution is -2.51. The Morgan fingerprint density at radius 2 is 2.16 bits per heavy atom. The Hall–Kier alpha value is -0.820. The first-order valence-electron chi connectivity index (χ1n) is 6.46. The molecule has 1 saturated carbocycles. The lowest BCUT2D eigenvalue weighted by molar-refractivity contribution is 0.0902. The lowest BCUT2D eigenvalue weighted by atomic mass is 9.97. The molecule has 0 aliphatic heterocycles. The van der Waals surface area contributed by atoms with Crippen molar-refractivity contribution < 1.29 is 9.53 Å². The number of methoxy groups -OCH3 is 1. The summed E-state index contributed by atoms with van der Waals surface area (Å²) in [6.07, 6.45) is 4.22. The summed E-state index contributed by atoms with van der Waals surface area (Å²) in [6.45, 7) is 0.505. The van der Waals surface area contributed by atoms with Crippen molar-refractivity contribution in [2.45, 2.75) is 31.2 Å². The zero-order valence-corrected chi connectivity index (χ0v) is 13.2. The lowest BCUT2D eigenvalue weighted by Gasteiger charge is -2.29. The van der Waals surface area contributed by atoms with Crippen LogP contribution in [0, 0.1) is 3.57 Å². The van der Waals surface area contributed by atoms with E-state index in [4.69, 9.17) is 10.5 Å². The molecule has 0 atom stereocenters. The number of nitrogens with two attached hydrogens (primary N) is 1. The average Bonchev–Trinajstić information content (AvgIpc) is 2.87. The van der Waals surface area contributed by atoms with Crippen LogP contribution in [0.3, 0.4) is 0 Å². The first-order valence-corrected chi connectivity index (χ1v) is 7.54. The molecule has 0 spiro atoms. The maximum absolute atomic E-state index is 12.4. The van der Waals surface area contributed by atoms with Crippen LogP contribution in [-0.2, 0) is 0 Å². The van der Waals surface area contributed by atoms with E-state index >= 15 is 0 Å². The van der Waals surface area contributed by atoms with Crippen molar-refractivity contribution in [2.75, 3.05) is 13.7 Å². The van der Waals surface area contributed by atoms with Gasteiger partial charge < -0.3 is 15.8 Å². The number of carbonyl (C=O) groups excluding carboxylic acids is 1. The molecule has 4 nitrogen and oxygen atoms in total. The fraction of sp³-hybridized carbons (Fsp3) is 0.500. The molecule has 0 radical (unpaired) electrons. The average molecular weight is 374 g/mol. The van der Waals surface area contributed by atoms with Crippen LogP contribution in [0.25, 0.3) is 0 Å². The molecule has 1 fully saturated rings. The van der Waals surface area contributed by atoms with Crippen LogP contribution in [0.1, 0.15) is 36.0 Å². The summed E-state index contributed by atoms with van der Waals surface area (Å²) >= 11 is 2.16. The molecule has 0 heterocycles. The van der Waals surface area contributed by atoms with Gasteiger partial charge in [0.05, 0.1) is 18.2 Å². The van der Waals surface area contributed by atoms with Crippen molar-refractivity contribution in [1.29, 1.82) is 0 Å². The van der Waals surface area contributed by atoms with Crippen molar-refractivity contribution >= 4 is 28.5 Å². The molecule has 1 aliphatic rings. The first kappa shape index (κ1) is 14.6. The Balaban J connectivity index is 2.15. The molecule has 1 aromatic carbocycles. The van der Waals surface area contributed by atoms with Crippen LogP contribution < -0.4 is 15.8 Å². The van der Waals surface area contributed by atoms with E-state index < -0.39 is 0 Å². The van der Waals surface area contributed by atoms with E-state index in [1.165, 1.54) is 0 Å². The van der Waals surface area contributed by atoms with Crippen molar-refractivity contribution in [3.63, 3.8) is 0 Å². The molecule has 0 unspecified atom stereocenters. The number of hydrogen-bond donors (Lipinski definition) is 2. The molecular formula is C14H19IN2O2. The SMILES string of the molecule is COc1ccc(C(=O)NC2(CN)CCCC2)c(I)c1. The van der Waals surface area contributed by atoms with Gasteiger partial charge in [-0.2, -0.15) is 0 Å². The highest BCUT2D eigenvalue weighted by Gasteiger charge is 2.34. The minimum atomic E-state index is -0.208. The number of benzene rings is 1. The predicted molar refractivity (Wildman–Crippen MR) is 83.4 cm³/mol. The van der Waals surface area contributed by atoms with Gasteiger partial charge in [0.25, 0.3) is 5.91 Å². The summed E-state index contributed by atoms with van der Waals surface area (Å²) in [6, 6.07) is 5.47. The fourth-order valence-corrected chi connectivity index (χ4v) is 3.28. The molecule has 1 aliphatic carbocycles. The van der Waals surface area contributed by atoms with Gasteiger partial charge in [-0.05, 0) is 53.6 Å². The Labute approximate surface area is 127 Å². The zero-order chi connectivity index (χ0) is 13.9. The van der Waals surface area contributed by atoms with Gasteiger partial charge in [-0.15, -0.1) is 0 Å². The standard InChI is InChI=1S/C14H19IN2O2/c1-19-10-4-5-11(12(15)8-10)13(18)17-14(9-16)6-2-3-7-14/h4-5,8H,2-3,6-7,9,16H2,1H3,(H,17,18). The smallest absolute Gasteiger partial charge is 0.252 e. The van der Waals surface area contributed by atoms with Gasteiger partial charge in [0.1, 0.15) is 5.75 Å². The highest BCUT2D eigenvalue weighted by molar-refractivity contribution is 14.1. The van der Waals surface area contributed by atoms with Crippen LogP contribution in [0.15, 0.2) is 18.2 Å². The van der Waals surface area contributed by atoms with E-state index in [1.54, 1.807) is 19.2 Å². The molecule has 3 N–H and O–H groups in total. The summed E-state index contributed by atoms with van der Waals surface area (Å²) in [7, 11) is 1.62. The second-order valence-electron chi connectivity index (χ2n) is 4.99. The van der Waals surface area contributed by atoms with Crippen molar-refractivity contribution in [1.82, 2.24) is 5.32 Å². The third kappa shape index (κ3) is 3.20. The number of nitrogens with one attached hydrogen (secondary N) is 1. The van der Waals surface area contributed by atoms with Gasteiger partial charge in [0, 0.05) is 10.1 Å². The topological polar surface area (TPSA) is 64.3 Å². The quantitative estimate of drug-likeness (QED) is 0.795. The Kier molecular flexibility index (Phi) is 4.67. The molecule has 19 heavy (non-hydrogen) atoms. The van der Waals surface area contributed by atoms with Crippen LogP contribution in [0.2, 0.25) is 0 Å². The van der Waals surface area contributed by atoms with Crippen LogP contribution in [0.5, 0.6) is 5.75 Å². The molecule has 2 rings (SSSR count). The summed E-state index contributed by atoms with van der Waals surface area (Å²) in [4.78, 5) is 12.4. The maximum Gasteiger partial charge on any atom is 0.252 e. The summed E-state index contributed by atoms with van der Waals surface area (Å²) in [5.74, 6) is 0.717. The predicted octanol–water partition coefficient (Wildman–Crippen LogP) is 2.30. The second-order valence-corrected chi connectivity index (χ2v) is 6.15. The molecule has 1 aromatic rings. The minimum absolute atomic E-state index is 0.0422. The largest absolute Gasteiger partial charge is 0.497 e. The van der Waals surface area contributed by atoms with E-state index in [-0.39, 0.29) is 11.4 Å². The van der Waals surface area contributed by atoms with Gasteiger partial charge >= 0.3 is 0 Å². The van der Waals surface area contributed by atoms with E-state index in [2.05, 4.69) is 27.9 Å². The van der Waals surface area contributed by atoms with Gasteiger partial charge in [0.2, 0.25) is 0 Å². The first-order chi connectivity index (χ1) is 9.10. The molecule has 104 valence electrons.